The largest absolute Gasteiger partial charge is 1.00 e. The summed E-state index contributed by atoms with van der Waals surface area (Å²) in [5.41, 5.74) is 0. The third kappa shape index (κ3) is 5.27. The molecule has 21 heavy (non-hydrogen) atoms. The first-order valence-corrected chi connectivity index (χ1v) is 9.67. The van der Waals surface area contributed by atoms with Gasteiger partial charge in [0.25, 0.3) is 5.08 Å². The molecule has 0 aliphatic carbocycles. The quantitative estimate of drug-likeness (QED) is 0.263. The van der Waals surface area contributed by atoms with Gasteiger partial charge in [0.15, 0.2) is 0 Å². The van der Waals surface area contributed by atoms with E-state index in [0.29, 0.717) is 0 Å². The van der Waals surface area contributed by atoms with Crippen molar-refractivity contribution in [2.75, 3.05) is 27.2 Å². The van der Waals surface area contributed by atoms with Crippen LogP contribution >= 0.6 is 15.2 Å². The standard InChI is InChI=1S/C10H23NO7P2.ClH/c1-11(2)7-4-9(5-8-11)3-6-10(12,19(13,14)15)20(16,17)18;/h9,12H,3-8H2,1-2H3,(H3-,13,14,15,16,17,18);1H. The van der Waals surface area contributed by atoms with E-state index in [-0.39, 0.29) is 24.7 Å². The van der Waals surface area contributed by atoms with Crippen LogP contribution in [0.15, 0.2) is 0 Å². The van der Waals surface area contributed by atoms with Gasteiger partial charge in [0, 0.05) is 6.42 Å². The minimum absolute atomic E-state index is 0. The van der Waals surface area contributed by atoms with Crippen molar-refractivity contribution >= 4 is 15.2 Å². The summed E-state index contributed by atoms with van der Waals surface area (Å²) in [5.74, 6) is 0.116. The molecule has 1 fully saturated rings. The minimum atomic E-state index is -5.31. The first-order chi connectivity index (χ1) is 8.79. The summed E-state index contributed by atoms with van der Waals surface area (Å²) >= 11 is 0. The molecule has 0 radical (unpaired) electrons. The molecule has 1 aliphatic heterocycles. The van der Waals surface area contributed by atoms with Crippen LogP contribution in [0.2, 0.25) is 0 Å². The molecule has 5 N–H and O–H groups in total. The lowest BCUT2D eigenvalue weighted by atomic mass is 9.91. The monoisotopic (exact) mass is 367 g/mol. The maximum Gasteiger partial charge on any atom is 0.369 e. The van der Waals surface area contributed by atoms with Gasteiger partial charge < -0.3 is 41.6 Å². The molecule has 8 nitrogen and oxygen atoms in total. The van der Waals surface area contributed by atoms with Crippen molar-refractivity contribution in [3.05, 3.63) is 0 Å². The van der Waals surface area contributed by atoms with Gasteiger partial charge in [-0.25, -0.2) is 0 Å². The maximum absolute atomic E-state index is 11.2. The molecule has 0 saturated carbocycles. The van der Waals surface area contributed by atoms with Crippen molar-refractivity contribution in [3.63, 3.8) is 0 Å². The number of hydrogen-bond donors (Lipinski definition) is 5. The molecular formula is C10H24ClNO7P2. The van der Waals surface area contributed by atoms with Gasteiger partial charge in [-0.15, -0.1) is 0 Å². The fourth-order valence-corrected chi connectivity index (χ4v) is 4.67. The van der Waals surface area contributed by atoms with Crippen molar-refractivity contribution in [2.45, 2.75) is 30.8 Å². The zero-order chi connectivity index (χ0) is 15.8. The van der Waals surface area contributed by atoms with E-state index in [1.165, 1.54) is 0 Å². The van der Waals surface area contributed by atoms with Crippen molar-refractivity contribution < 1.29 is 50.7 Å². The smallest absolute Gasteiger partial charge is 0.369 e. The summed E-state index contributed by atoms with van der Waals surface area (Å²) in [6.45, 7) is 1.80. The van der Waals surface area contributed by atoms with Gasteiger partial charge in [-0.2, -0.15) is 0 Å². The summed E-state index contributed by atoms with van der Waals surface area (Å²) in [6, 6.07) is 0. The van der Waals surface area contributed by atoms with Crippen LogP contribution in [-0.4, -0.2) is 61.4 Å². The number of aliphatic hydroxyl groups is 1. The Balaban J connectivity index is 0.00000400. The van der Waals surface area contributed by atoms with E-state index in [2.05, 4.69) is 14.1 Å². The maximum atomic E-state index is 11.2. The summed E-state index contributed by atoms with van der Waals surface area (Å²) in [6.07, 6.45) is 1.21. The molecule has 0 aromatic carbocycles. The van der Waals surface area contributed by atoms with Gasteiger partial charge in [-0.1, -0.05) is 0 Å². The Labute approximate surface area is 130 Å². The number of halogens is 1. The van der Waals surface area contributed by atoms with Gasteiger partial charge in [0.05, 0.1) is 27.2 Å². The third-order valence-corrected chi connectivity index (χ3v) is 7.98. The molecule has 1 aliphatic rings. The summed E-state index contributed by atoms with van der Waals surface area (Å²) in [5, 5.41) is 6.53. The second-order valence-corrected chi connectivity index (χ2v) is 10.2. The highest BCUT2D eigenvalue weighted by atomic mass is 35.5. The summed E-state index contributed by atoms with van der Waals surface area (Å²) < 4.78 is 23.3. The Hall–Kier alpha value is 0.510. The van der Waals surface area contributed by atoms with Gasteiger partial charge in [0.2, 0.25) is 0 Å². The van der Waals surface area contributed by atoms with E-state index in [9.17, 15) is 14.2 Å². The van der Waals surface area contributed by atoms with Crippen LogP contribution < -0.4 is 12.4 Å². The molecule has 0 amide bonds. The summed E-state index contributed by atoms with van der Waals surface area (Å²) in [7, 11) is -6.47. The van der Waals surface area contributed by atoms with Crippen LogP contribution in [0.4, 0.5) is 0 Å². The zero-order valence-corrected chi connectivity index (χ0v) is 14.6. The van der Waals surface area contributed by atoms with Crippen molar-refractivity contribution in [1.29, 1.82) is 0 Å². The molecule has 128 valence electrons. The number of piperidine rings is 1. The van der Waals surface area contributed by atoms with Crippen LogP contribution in [0, 0.1) is 5.92 Å². The highest BCUT2D eigenvalue weighted by Gasteiger charge is 2.58. The second-order valence-electron chi connectivity index (χ2n) is 6.23. The van der Waals surface area contributed by atoms with Crippen molar-refractivity contribution in [3.8, 4) is 0 Å². The van der Waals surface area contributed by atoms with Crippen molar-refractivity contribution in [1.82, 2.24) is 0 Å². The van der Waals surface area contributed by atoms with E-state index in [0.717, 1.165) is 30.4 Å². The predicted octanol–water partition coefficient (Wildman–Crippen LogP) is -2.74. The Morgan fingerprint density at radius 2 is 1.43 bits per heavy atom. The first-order valence-electron chi connectivity index (χ1n) is 6.44. The van der Waals surface area contributed by atoms with E-state index in [1.54, 1.807) is 0 Å². The Bertz CT molecular complexity index is 415. The molecule has 1 heterocycles. The van der Waals surface area contributed by atoms with Crippen LogP contribution in [0.1, 0.15) is 25.7 Å². The normalized spacial score (nSPS) is 20.9. The Kier molecular flexibility index (Phi) is 7.12. The SMILES string of the molecule is C[N+]1(C)CCC(CCC(O)(P(=O)(O)O)P(=O)(O)O)CC1.[Cl-]. The van der Waals surface area contributed by atoms with E-state index in [4.69, 9.17) is 19.6 Å². The Morgan fingerprint density at radius 1 is 1.05 bits per heavy atom. The molecule has 0 unspecified atom stereocenters. The molecule has 0 atom stereocenters. The van der Waals surface area contributed by atoms with E-state index < -0.39 is 26.7 Å². The molecular weight excluding hydrogens is 344 g/mol. The molecule has 1 rings (SSSR count). The van der Waals surface area contributed by atoms with E-state index in [1.807, 2.05) is 0 Å². The molecule has 1 saturated heterocycles. The number of rotatable bonds is 5. The lowest BCUT2D eigenvalue weighted by Crippen LogP contribution is -3.00. The van der Waals surface area contributed by atoms with Gasteiger partial charge in [0.1, 0.15) is 0 Å². The lowest BCUT2D eigenvalue weighted by Gasteiger charge is -2.38. The first kappa shape index (κ1) is 21.5. The van der Waals surface area contributed by atoms with Gasteiger partial charge in [-0.05, 0) is 25.2 Å². The fraction of sp³-hybridized carbons (Fsp3) is 1.00. The number of likely N-dealkylation sites (tertiary alicyclic amines) is 1. The lowest BCUT2D eigenvalue weighted by molar-refractivity contribution is -0.896. The van der Waals surface area contributed by atoms with Crippen LogP contribution in [0.3, 0.4) is 0 Å². The number of quaternary nitrogens is 1. The summed E-state index contributed by atoms with van der Waals surface area (Å²) in [4.78, 5) is 36.2. The van der Waals surface area contributed by atoms with E-state index >= 15 is 0 Å². The zero-order valence-electron chi connectivity index (χ0n) is 12.1. The van der Waals surface area contributed by atoms with Gasteiger partial charge >= 0.3 is 15.2 Å². The van der Waals surface area contributed by atoms with Crippen LogP contribution in [0.25, 0.3) is 0 Å². The second kappa shape index (κ2) is 6.95. The molecule has 0 aromatic rings. The minimum Gasteiger partial charge on any atom is -1.00 e. The number of nitrogens with zero attached hydrogens (tertiary/aromatic N) is 1. The molecule has 11 heteroatoms. The molecule has 0 bridgehead atoms. The average molecular weight is 368 g/mol. The highest BCUT2D eigenvalue weighted by molar-refractivity contribution is 7.72. The van der Waals surface area contributed by atoms with Crippen LogP contribution in [-0.2, 0) is 9.13 Å². The highest BCUT2D eigenvalue weighted by Crippen LogP contribution is 2.69. The fourth-order valence-electron chi connectivity index (χ4n) is 2.47. The predicted molar refractivity (Wildman–Crippen MR) is 72.8 cm³/mol. The number of hydrogen-bond acceptors (Lipinski definition) is 3. The van der Waals surface area contributed by atoms with Crippen molar-refractivity contribution in [2.24, 2.45) is 5.92 Å². The molecule has 0 spiro atoms. The van der Waals surface area contributed by atoms with Crippen LogP contribution in [0.5, 0.6) is 0 Å². The Morgan fingerprint density at radius 3 is 1.76 bits per heavy atom. The average Bonchev–Trinajstić information content (AvgIpc) is 2.24. The molecule has 0 aromatic heterocycles. The third-order valence-electron chi connectivity index (χ3n) is 4.11. The van der Waals surface area contributed by atoms with Gasteiger partial charge in [-0.3, -0.25) is 9.13 Å². The topological polar surface area (TPSA) is 135 Å².